The standard InChI is InChI=1S/C26H36N4O2/c1-26(2)12-20-30(32,24(31)21-26)19-7-6-14-28-15-17-29(18-16-28)25-23(11-8-13-27-25)22-9-4-3-5-10-22/h3-5,8-11,13H,6-7,12,14-21H2,1-2H3. The van der Waals surface area contributed by atoms with E-state index in [0.29, 0.717) is 19.5 Å². The van der Waals surface area contributed by atoms with E-state index in [2.05, 4.69) is 54.0 Å². The molecular weight excluding hydrogens is 400 g/mol. The van der Waals surface area contributed by atoms with Crippen LogP contribution in [-0.2, 0) is 4.79 Å². The number of amides is 1. The average Bonchev–Trinajstić information content (AvgIpc) is 2.81. The quantitative estimate of drug-likeness (QED) is 0.368. The highest BCUT2D eigenvalue weighted by Crippen LogP contribution is 2.34. The Morgan fingerprint density at radius 2 is 1.78 bits per heavy atom. The zero-order chi connectivity index (χ0) is 22.6. The second-order valence-electron chi connectivity index (χ2n) is 10.1. The van der Waals surface area contributed by atoms with Crippen molar-refractivity contribution in [3.8, 4) is 11.1 Å². The molecule has 1 aromatic heterocycles. The monoisotopic (exact) mass is 436 g/mol. The molecule has 1 unspecified atom stereocenters. The highest BCUT2D eigenvalue weighted by atomic mass is 16.6. The third kappa shape index (κ3) is 5.37. The molecule has 2 aliphatic heterocycles. The first kappa shape index (κ1) is 22.9. The third-order valence-corrected chi connectivity index (χ3v) is 7.02. The van der Waals surface area contributed by atoms with Crippen LogP contribution in [0.2, 0.25) is 0 Å². The van der Waals surface area contributed by atoms with E-state index in [-0.39, 0.29) is 11.3 Å². The predicted octanol–water partition coefficient (Wildman–Crippen LogP) is 4.31. The summed E-state index contributed by atoms with van der Waals surface area (Å²) in [6.45, 7) is 9.93. The number of hydrogen-bond donors (Lipinski definition) is 0. The van der Waals surface area contributed by atoms with Gasteiger partial charge >= 0.3 is 5.91 Å². The average molecular weight is 437 g/mol. The van der Waals surface area contributed by atoms with E-state index in [1.165, 1.54) is 11.1 Å². The molecule has 6 nitrogen and oxygen atoms in total. The zero-order valence-electron chi connectivity index (χ0n) is 19.5. The van der Waals surface area contributed by atoms with Crippen LogP contribution in [-0.4, -0.2) is 66.3 Å². The number of benzene rings is 1. The summed E-state index contributed by atoms with van der Waals surface area (Å²) < 4.78 is -0.612. The summed E-state index contributed by atoms with van der Waals surface area (Å²) in [6.07, 6.45) is 4.91. The van der Waals surface area contributed by atoms with E-state index < -0.39 is 4.65 Å². The van der Waals surface area contributed by atoms with Crippen LogP contribution >= 0.6 is 0 Å². The molecule has 2 fully saturated rings. The Kier molecular flexibility index (Phi) is 6.93. The van der Waals surface area contributed by atoms with Crippen molar-refractivity contribution in [3.05, 3.63) is 53.9 Å². The molecule has 6 heteroatoms. The lowest BCUT2D eigenvalue weighted by molar-refractivity contribution is -0.810. The first-order chi connectivity index (χ1) is 15.4. The van der Waals surface area contributed by atoms with E-state index in [0.717, 1.165) is 57.8 Å². The third-order valence-electron chi connectivity index (χ3n) is 7.02. The smallest absolute Gasteiger partial charge is 0.314 e. The van der Waals surface area contributed by atoms with Gasteiger partial charge in [0, 0.05) is 44.4 Å². The fourth-order valence-electron chi connectivity index (χ4n) is 4.86. The fraction of sp³-hybridized carbons (Fsp3) is 0.538. The van der Waals surface area contributed by atoms with Crippen molar-refractivity contribution in [1.82, 2.24) is 9.88 Å². The minimum absolute atomic E-state index is 0.0170. The summed E-state index contributed by atoms with van der Waals surface area (Å²) in [5.74, 6) is 0.933. The van der Waals surface area contributed by atoms with Gasteiger partial charge in [-0.2, -0.15) is 0 Å². The summed E-state index contributed by atoms with van der Waals surface area (Å²) in [7, 11) is 0. The molecule has 0 spiro atoms. The molecule has 172 valence electrons. The van der Waals surface area contributed by atoms with Crippen LogP contribution in [0, 0.1) is 10.6 Å². The molecule has 2 aromatic rings. The molecule has 3 heterocycles. The fourth-order valence-corrected chi connectivity index (χ4v) is 4.86. The summed E-state index contributed by atoms with van der Waals surface area (Å²) in [4.78, 5) is 21.9. The van der Waals surface area contributed by atoms with Gasteiger partial charge in [-0.15, -0.1) is 0 Å². The van der Waals surface area contributed by atoms with Crippen molar-refractivity contribution in [2.45, 2.75) is 39.5 Å². The number of aromatic nitrogens is 1. The molecule has 2 aliphatic rings. The van der Waals surface area contributed by atoms with Crippen LogP contribution in [0.3, 0.4) is 0 Å². The van der Waals surface area contributed by atoms with Gasteiger partial charge in [-0.05, 0) is 42.5 Å². The van der Waals surface area contributed by atoms with Crippen LogP contribution in [0.5, 0.6) is 0 Å². The van der Waals surface area contributed by atoms with Crippen molar-refractivity contribution >= 4 is 11.7 Å². The van der Waals surface area contributed by atoms with Crippen LogP contribution in [0.4, 0.5) is 5.82 Å². The van der Waals surface area contributed by atoms with E-state index in [1.54, 1.807) is 0 Å². The molecule has 0 bridgehead atoms. The number of piperidine rings is 1. The number of unbranched alkanes of at least 4 members (excludes halogenated alkanes) is 1. The maximum Gasteiger partial charge on any atom is 0.314 e. The largest absolute Gasteiger partial charge is 0.625 e. The van der Waals surface area contributed by atoms with Crippen molar-refractivity contribution in [2.24, 2.45) is 5.41 Å². The predicted molar refractivity (Wildman–Crippen MR) is 129 cm³/mol. The van der Waals surface area contributed by atoms with Gasteiger partial charge in [0.15, 0.2) is 0 Å². The van der Waals surface area contributed by atoms with Gasteiger partial charge in [0.1, 0.15) is 5.82 Å². The number of likely N-dealkylation sites (tertiary alicyclic amines) is 1. The van der Waals surface area contributed by atoms with Gasteiger partial charge in [0.2, 0.25) is 0 Å². The summed E-state index contributed by atoms with van der Waals surface area (Å²) >= 11 is 0. The minimum Gasteiger partial charge on any atom is -0.625 e. The zero-order valence-corrected chi connectivity index (χ0v) is 19.5. The molecule has 0 N–H and O–H groups in total. The second kappa shape index (κ2) is 9.69. The van der Waals surface area contributed by atoms with Crippen LogP contribution in [0.25, 0.3) is 11.1 Å². The molecule has 2 saturated heterocycles. The highest BCUT2D eigenvalue weighted by Gasteiger charge is 2.39. The van der Waals surface area contributed by atoms with Gasteiger partial charge in [-0.25, -0.2) is 9.78 Å². The molecule has 1 aromatic carbocycles. The molecule has 4 rings (SSSR count). The lowest BCUT2D eigenvalue weighted by Gasteiger charge is -2.47. The molecule has 32 heavy (non-hydrogen) atoms. The number of nitrogens with zero attached hydrogens (tertiary/aromatic N) is 4. The van der Waals surface area contributed by atoms with E-state index in [4.69, 9.17) is 4.98 Å². The van der Waals surface area contributed by atoms with E-state index in [1.807, 2.05) is 18.3 Å². The van der Waals surface area contributed by atoms with Crippen LogP contribution < -0.4 is 4.90 Å². The van der Waals surface area contributed by atoms with Crippen LogP contribution in [0.15, 0.2) is 48.7 Å². The maximum absolute atomic E-state index is 12.9. The maximum atomic E-state index is 12.9. The number of piperazine rings is 1. The Balaban J connectivity index is 1.24. The molecule has 1 amide bonds. The number of anilines is 1. The van der Waals surface area contributed by atoms with Gasteiger partial charge < -0.3 is 10.1 Å². The Bertz CT molecular complexity index is 909. The number of hydrogen-bond acceptors (Lipinski definition) is 5. The lowest BCUT2D eigenvalue weighted by Crippen LogP contribution is -2.54. The van der Waals surface area contributed by atoms with Gasteiger partial charge in [0.25, 0.3) is 0 Å². The van der Waals surface area contributed by atoms with Gasteiger partial charge in [-0.1, -0.05) is 44.2 Å². The summed E-state index contributed by atoms with van der Waals surface area (Å²) in [6, 6.07) is 14.6. The first-order valence-electron chi connectivity index (χ1n) is 12.0. The van der Waals surface area contributed by atoms with Gasteiger partial charge in [-0.3, -0.25) is 9.55 Å². The Morgan fingerprint density at radius 1 is 1.03 bits per heavy atom. The molecular formula is C26H36N4O2. The lowest BCUT2D eigenvalue weighted by atomic mass is 9.82. The van der Waals surface area contributed by atoms with Crippen LogP contribution in [0.1, 0.15) is 39.5 Å². The molecule has 0 aliphatic carbocycles. The number of carbonyl (C=O) groups is 1. The van der Waals surface area contributed by atoms with E-state index in [9.17, 15) is 10.0 Å². The van der Waals surface area contributed by atoms with Gasteiger partial charge in [0.05, 0.1) is 19.5 Å². The normalized spacial score (nSPS) is 24.0. The van der Waals surface area contributed by atoms with Crippen molar-refractivity contribution in [3.63, 3.8) is 0 Å². The number of quaternary nitrogens is 1. The number of pyridine rings is 1. The number of rotatable bonds is 7. The topological polar surface area (TPSA) is 59.5 Å². The Morgan fingerprint density at radius 3 is 2.50 bits per heavy atom. The Hall–Kier alpha value is -2.28. The molecule has 1 atom stereocenters. The number of hydroxylamine groups is 3. The summed E-state index contributed by atoms with van der Waals surface area (Å²) in [5, 5.41) is 12.9. The summed E-state index contributed by atoms with van der Waals surface area (Å²) in [5.41, 5.74) is 2.36. The SMILES string of the molecule is CC1(C)CC[N+]([O-])(CCCCN2CCN(c3ncccc3-c3ccccc3)CC2)C(=O)C1. The molecule has 0 saturated carbocycles. The second-order valence-corrected chi connectivity index (χ2v) is 10.1. The first-order valence-corrected chi connectivity index (χ1v) is 12.0. The Labute approximate surface area is 192 Å². The van der Waals surface area contributed by atoms with E-state index >= 15 is 0 Å². The molecule has 0 radical (unpaired) electrons. The van der Waals surface area contributed by atoms with Crippen molar-refractivity contribution in [2.75, 3.05) is 50.7 Å². The van der Waals surface area contributed by atoms with Crippen molar-refractivity contribution < 1.29 is 9.44 Å². The highest BCUT2D eigenvalue weighted by molar-refractivity contribution is 5.75. The minimum atomic E-state index is -0.612. The van der Waals surface area contributed by atoms with Crippen molar-refractivity contribution in [1.29, 1.82) is 0 Å². The number of carbonyl (C=O) groups excluding carboxylic acids is 1.